The van der Waals surface area contributed by atoms with E-state index in [4.69, 9.17) is 18.7 Å². The van der Waals surface area contributed by atoms with Gasteiger partial charge in [-0.2, -0.15) is 0 Å². The molecule has 0 N–H and O–H groups in total. The van der Waals surface area contributed by atoms with Crippen molar-refractivity contribution in [3.8, 4) is 22.8 Å². The maximum atomic E-state index is 11.9. The van der Waals surface area contributed by atoms with E-state index in [1.165, 1.54) is 0 Å². The number of benzene rings is 2. The van der Waals surface area contributed by atoms with Crippen LogP contribution in [0.2, 0.25) is 0 Å². The van der Waals surface area contributed by atoms with Crippen LogP contribution in [0.15, 0.2) is 53.1 Å². The van der Waals surface area contributed by atoms with Gasteiger partial charge in [0.15, 0.2) is 12.4 Å². The van der Waals surface area contributed by atoms with Gasteiger partial charge in [0, 0.05) is 18.1 Å². The summed E-state index contributed by atoms with van der Waals surface area (Å²) in [5, 5.41) is 3.98. The summed E-state index contributed by atoms with van der Waals surface area (Å²) in [5.74, 6) is 1.75. The quantitative estimate of drug-likeness (QED) is 0.601. The van der Waals surface area contributed by atoms with Crippen LogP contribution in [0.1, 0.15) is 23.7 Å². The van der Waals surface area contributed by atoms with Crippen molar-refractivity contribution in [1.29, 1.82) is 0 Å². The fourth-order valence-corrected chi connectivity index (χ4v) is 3.14. The number of aryl methyl sites for hydroxylation is 1. The van der Waals surface area contributed by atoms with E-state index in [1.54, 1.807) is 6.07 Å². The monoisotopic (exact) mass is 379 g/mol. The van der Waals surface area contributed by atoms with Crippen LogP contribution in [0, 0.1) is 6.92 Å². The van der Waals surface area contributed by atoms with E-state index in [0.717, 1.165) is 28.9 Å². The molecule has 6 heteroatoms. The molecule has 1 aliphatic rings. The van der Waals surface area contributed by atoms with Gasteiger partial charge in [0.25, 0.3) is 0 Å². The third kappa shape index (κ3) is 4.01. The van der Waals surface area contributed by atoms with E-state index in [9.17, 15) is 4.79 Å². The van der Waals surface area contributed by atoms with Crippen LogP contribution < -0.4 is 9.47 Å². The Hall–Kier alpha value is -3.28. The minimum atomic E-state index is -0.462. The molecule has 1 unspecified atom stereocenters. The predicted octanol–water partition coefficient (Wildman–Crippen LogP) is 4.10. The van der Waals surface area contributed by atoms with Crippen molar-refractivity contribution in [2.24, 2.45) is 0 Å². The number of aromatic nitrogens is 1. The molecule has 0 fully saturated rings. The van der Waals surface area contributed by atoms with Gasteiger partial charge in [-0.15, -0.1) is 0 Å². The van der Waals surface area contributed by atoms with Crippen LogP contribution in [0.3, 0.4) is 0 Å². The average molecular weight is 379 g/mol. The number of para-hydroxylation sites is 1. The van der Waals surface area contributed by atoms with Gasteiger partial charge in [-0.3, -0.25) is 0 Å². The third-order valence-corrected chi connectivity index (χ3v) is 4.56. The maximum Gasteiger partial charge on any atom is 0.344 e. The van der Waals surface area contributed by atoms with Crippen LogP contribution in [0.4, 0.5) is 0 Å². The standard InChI is InChI=1S/C22H21NO5/c1-14-5-3-4-6-19(14)25-13-22(24)26-12-18-11-21(28-23-18)16-7-8-20-17(10-16)9-15(2)27-20/h3-8,10-11,15H,9,12-13H2,1-2H3. The number of fused-ring (bicyclic) bond motifs is 1. The first-order chi connectivity index (χ1) is 13.6. The number of hydrogen-bond donors (Lipinski definition) is 0. The van der Waals surface area contributed by atoms with Gasteiger partial charge in [-0.1, -0.05) is 23.4 Å². The zero-order valence-electron chi connectivity index (χ0n) is 15.8. The van der Waals surface area contributed by atoms with Crippen LogP contribution in [-0.4, -0.2) is 23.8 Å². The Bertz CT molecular complexity index is 994. The number of rotatable bonds is 6. The Morgan fingerprint density at radius 2 is 2.07 bits per heavy atom. The maximum absolute atomic E-state index is 11.9. The highest BCUT2D eigenvalue weighted by Gasteiger charge is 2.20. The van der Waals surface area contributed by atoms with Crippen LogP contribution >= 0.6 is 0 Å². The molecular formula is C22H21NO5. The number of esters is 1. The van der Waals surface area contributed by atoms with Crippen LogP contribution in [-0.2, 0) is 22.6 Å². The zero-order valence-corrected chi connectivity index (χ0v) is 15.8. The molecule has 0 bridgehead atoms. The van der Waals surface area contributed by atoms with Crippen LogP contribution in [0.5, 0.6) is 11.5 Å². The zero-order chi connectivity index (χ0) is 19.5. The molecule has 0 aliphatic carbocycles. The fraction of sp³-hybridized carbons (Fsp3) is 0.273. The minimum absolute atomic E-state index is 0.0323. The summed E-state index contributed by atoms with van der Waals surface area (Å²) in [4.78, 5) is 11.9. The molecule has 6 nitrogen and oxygen atoms in total. The van der Waals surface area contributed by atoms with Gasteiger partial charge >= 0.3 is 5.97 Å². The third-order valence-electron chi connectivity index (χ3n) is 4.56. The molecular weight excluding hydrogens is 358 g/mol. The molecule has 3 aromatic rings. The van der Waals surface area contributed by atoms with Crippen LogP contribution in [0.25, 0.3) is 11.3 Å². The van der Waals surface area contributed by atoms with Gasteiger partial charge in [0.1, 0.15) is 29.9 Å². The van der Waals surface area contributed by atoms with Gasteiger partial charge in [0.05, 0.1) is 0 Å². The number of carbonyl (C=O) groups is 1. The largest absolute Gasteiger partial charge is 0.490 e. The van der Waals surface area contributed by atoms with Gasteiger partial charge < -0.3 is 18.7 Å². The number of nitrogens with zero attached hydrogens (tertiary/aromatic N) is 1. The van der Waals surface area contributed by atoms with Crippen molar-refractivity contribution in [3.05, 3.63) is 65.4 Å². The Kier molecular flexibility index (Phi) is 5.02. The molecule has 2 heterocycles. The first-order valence-electron chi connectivity index (χ1n) is 9.18. The number of ether oxygens (including phenoxy) is 3. The Morgan fingerprint density at radius 3 is 2.93 bits per heavy atom. The van der Waals surface area contributed by atoms with Crippen molar-refractivity contribution in [2.45, 2.75) is 33.0 Å². The molecule has 1 aromatic heterocycles. The Balaban J connectivity index is 1.32. The van der Waals surface area contributed by atoms with E-state index in [2.05, 4.69) is 5.16 Å². The molecule has 2 aromatic carbocycles. The minimum Gasteiger partial charge on any atom is -0.490 e. The molecule has 144 valence electrons. The first-order valence-corrected chi connectivity index (χ1v) is 9.18. The highest BCUT2D eigenvalue weighted by molar-refractivity contribution is 5.71. The van der Waals surface area contributed by atoms with Crippen molar-refractivity contribution in [3.63, 3.8) is 0 Å². The lowest BCUT2D eigenvalue weighted by molar-refractivity contribution is -0.147. The topological polar surface area (TPSA) is 70.8 Å². The summed E-state index contributed by atoms with van der Waals surface area (Å²) in [6, 6.07) is 15.2. The Morgan fingerprint density at radius 1 is 1.21 bits per heavy atom. The second-order valence-corrected chi connectivity index (χ2v) is 6.85. The summed E-state index contributed by atoms with van der Waals surface area (Å²) >= 11 is 0. The van der Waals surface area contributed by atoms with E-state index in [0.29, 0.717) is 17.2 Å². The second kappa shape index (κ2) is 7.76. The summed E-state index contributed by atoms with van der Waals surface area (Å²) in [5.41, 5.74) is 3.59. The summed E-state index contributed by atoms with van der Waals surface area (Å²) in [7, 11) is 0. The highest BCUT2D eigenvalue weighted by atomic mass is 16.6. The predicted molar refractivity (Wildman–Crippen MR) is 102 cm³/mol. The lowest BCUT2D eigenvalue weighted by atomic mass is 10.1. The smallest absolute Gasteiger partial charge is 0.344 e. The number of hydrogen-bond acceptors (Lipinski definition) is 6. The SMILES string of the molecule is Cc1ccccc1OCC(=O)OCc1cc(-c2ccc3c(c2)CC(C)O3)on1. The molecule has 0 spiro atoms. The van der Waals surface area contributed by atoms with E-state index in [-0.39, 0.29) is 19.3 Å². The molecule has 1 aliphatic heterocycles. The van der Waals surface area contributed by atoms with Crippen molar-refractivity contribution in [2.75, 3.05) is 6.61 Å². The molecule has 0 radical (unpaired) electrons. The molecule has 0 amide bonds. The second-order valence-electron chi connectivity index (χ2n) is 6.85. The average Bonchev–Trinajstić information content (AvgIpc) is 3.30. The fourth-order valence-electron chi connectivity index (χ4n) is 3.14. The van der Waals surface area contributed by atoms with E-state index >= 15 is 0 Å². The van der Waals surface area contributed by atoms with Gasteiger partial charge in [0.2, 0.25) is 0 Å². The summed E-state index contributed by atoms with van der Waals surface area (Å²) < 4.78 is 21.8. The Labute approximate surface area is 163 Å². The molecule has 28 heavy (non-hydrogen) atoms. The van der Waals surface area contributed by atoms with Gasteiger partial charge in [-0.05, 0) is 49.2 Å². The van der Waals surface area contributed by atoms with Gasteiger partial charge in [-0.25, -0.2) is 4.79 Å². The summed E-state index contributed by atoms with van der Waals surface area (Å²) in [6.07, 6.45) is 1.07. The van der Waals surface area contributed by atoms with Crippen molar-refractivity contribution in [1.82, 2.24) is 5.16 Å². The molecule has 0 saturated heterocycles. The first kappa shape index (κ1) is 18.1. The normalized spacial score (nSPS) is 15.0. The molecule has 0 saturated carbocycles. The lowest BCUT2D eigenvalue weighted by Crippen LogP contribution is -2.15. The lowest BCUT2D eigenvalue weighted by Gasteiger charge is -2.08. The van der Waals surface area contributed by atoms with E-state index < -0.39 is 5.97 Å². The van der Waals surface area contributed by atoms with Crippen molar-refractivity contribution < 1.29 is 23.5 Å². The summed E-state index contributed by atoms with van der Waals surface area (Å²) in [6.45, 7) is 3.84. The van der Waals surface area contributed by atoms with E-state index in [1.807, 2.05) is 56.3 Å². The number of carbonyl (C=O) groups excluding carboxylic acids is 1. The van der Waals surface area contributed by atoms with Crippen molar-refractivity contribution >= 4 is 5.97 Å². The molecule has 1 atom stereocenters. The molecule has 4 rings (SSSR count). The highest BCUT2D eigenvalue weighted by Crippen LogP contribution is 2.33.